The van der Waals surface area contributed by atoms with Gasteiger partial charge in [0.05, 0.1) is 7.11 Å². The molecule has 1 aliphatic heterocycles. The van der Waals surface area contributed by atoms with Crippen LogP contribution in [0.15, 0.2) is 52.9 Å². The molecule has 10 heteroatoms. The van der Waals surface area contributed by atoms with E-state index in [0.717, 1.165) is 0 Å². The van der Waals surface area contributed by atoms with E-state index in [0.29, 0.717) is 33.4 Å². The Morgan fingerprint density at radius 3 is 2.21 bits per heavy atom. The van der Waals surface area contributed by atoms with Crippen molar-refractivity contribution in [3.05, 3.63) is 60.2 Å². The summed E-state index contributed by atoms with van der Waals surface area (Å²) in [7, 11) is 2.76. The molecule has 178 valence electrons. The first-order valence-electron chi connectivity index (χ1n) is 10.6. The van der Waals surface area contributed by atoms with Crippen LogP contribution in [0.1, 0.15) is 18.7 Å². The molecule has 0 radical (unpaired) electrons. The molecule has 4 rings (SSSR count). The van der Waals surface area contributed by atoms with E-state index in [-0.39, 0.29) is 31.8 Å². The number of aliphatic carboxylic acids is 1. The second-order valence-electron chi connectivity index (χ2n) is 8.11. The Kier molecular flexibility index (Phi) is 6.25. The molecule has 1 aliphatic rings. The van der Waals surface area contributed by atoms with Crippen LogP contribution in [0.5, 0.6) is 5.75 Å². The smallest absolute Gasteiger partial charge is 0.343 e. The normalized spacial score (nSPS) is 15.1. The summed E-state index contributed by atoms with van der Waals surface area (Å²) in [6.45, 7) is 0.199. The first-order chi connectivity index (χ1) is 16.2. The summed E-state index contributed by atoms with van der Waals surface area (Å²) in [6, 6.07) is 12.1. The topological polar surface area (TPSA) is 116 Å². The van der Waals surface area contributed by atoms with E-state index in [9.17, 15) is 24.3 Å². The number of carboxylic acids is 1. The fraction of sp³-hybridized carbons (Fsp3) is 0.292. The maximum absolute atomic E-state index is 13.5. The molecule has 0 aliphatic carbocycles. The highest BCUT2D eigenvalue weighted by Gasteiger charge is 2.49. The third-order valence-corrected chi connectivity index (χ3v) is 6.08. The minimum atomic E-state index is -1.47. The summed E-state index contributed by atoms with van der Waals surface area (Å²) in [5, 5.41) is 20.1. The van der Waals surface area contributed by atoms with Crippen molar-refractivity contribution in [2.45, 2.75) is 18.3 Å². The Bertz CT molecular complexity index is 1180. The molecule has 1 saturated heterocycles. The number of piperidine rings is 1. The van der Waals surface area contributed by atoms with Crippen molar-refractivity contribution in [2.24, 2.45) is 0 Å². The summed E-state index contributed by atoms with van der Waals surface area (Å²) in [6.07, 6.45) is 0.0979. The molecule has 2 aromatic carbocycles. The van der Waals surface area contributed by atoms with Gasteiger partial charge in [0, 0.05) is 31.3 Å². The number of benzene rings is 2. The first kappa shape index (κ1) is 23.2. The Morgan fingerprint density at radius 1 is 1.09 bits per heavy atom. The number of hydrogen-bond acceptors (Lipinski definition) is 6. The third kappa shape index (κ3) is 4.19. The van der Waals surface area contributed by atoms with Crippen LogP contribution < -0.4 is 4.74 Å². The summed E-state index contributed by atoms with van der Waals surface area (Å²) in [4.78, 5) is 30.5. The zero-order chi connectivity index (χ0) is 24.5. The first-order valence-corrected chi connectivity index (χ1v) is 10.6. The van der Waals surface area contributed by atoms with Crippen molar-refractivity contribution >= 4 is 12.0 Å². The SMILES string of the molecule is COc1ccc(-c2oc(C3(C(=O)O)CCN(C(=O)N(C)O)CC3)nc2-c2ccc(F)cc2)cc1. The van der Waals surface area contributed by atoms with Gasteiger partial charge in [0.2, 0.25) is 5.89 Å². The number of hydrogen-bond donors (Lipinski definition) is 2. The van der Waals surface area contributed by atoms with Gasteiger partial charge in [-0.2, -0.15) is 0 Å². The molecule has 0 unspecified atom stereocenters. The molecule has 1 fully saturated rings. The van der Waals surface area contributed by atoms with E-state index in [4.69, 9.17) is 9.15 Å². The lowest BCUT2D eigenvalue weighted by atomic mass is 9.78. The van der Waals surface area contributed by atoms with Crippen LogP contribution in [-0.4, -0.2) is 64.5 Å². The van der Waals surface area contributed by atoms with Crippen molar-refractivity contribution < 1.29 is 33.4 Å². The Hall–Kier alpha value is -3.92. The van der Waals surface area contributed by atoms with Crippen LogP contribution in [0.4, 0.5) is 9.18 Å². The molecule has 0 atom stereocenters. The van der Waals surface area contributed by atoms with Crippen LogP contribution in [0.25, 0.3) is 22.6 Å². The molecule has 2 amide bonds. The van der Waals surface area contributed by atoms with Gasteiger partial charge in [-0.15, -0.1) is 0 Å². The number of methoxy groups -OCH3 is 1. The molecule has 1 aromatic heterocycles. The predicted molar refractivity (Wildman–Crippen MR) is 119 cm³/mol. The summed E-state index contributed by atoms with van der Waals surface area (Å²) in [5.41, 5.74) is 0.130. The van der Waals surface area contributed by atoms with Gasteiger partial charge < -0.3 is 19.2 Å². The minimum absolute atomic E-state index is 0.00888. The zero-order valence-electron chi connectivity index (χ0n) is 18.7. The highest BCUT2D eigenvalue weighted by molar-refractivity contribution is 5.83. The number of carboxylic acid groups (broad SMARTS) is 1. The molecular formula is C24H24FN3O6. The number of amides is 2. The molecule has 2 heterocycles. The van der Waals surface area contributed by atoms with Crippen molar-refractivity contribution in [2.75, 3.05) is 27.2 Å². The number of oxazole rings is 1. The minimum Gasteiger partial charge on any atom is -0.497 e. The maximum atomic E-state index is 13.5. The number of ether oxygens (including phenoxy) is 1. The van der Waals surface area contributed by atoms with Crippen LogP contribution in [0.3, 0.4) is 0 Å². The van der Waals surface area contributed by atoms with E-state index in [2.05, 4.69) is 4.98 Å². The number of likely N-dealkylation sites (tertiary alicyclic amines) is 1. The number of rotatable bonds is 5. The zero-order valence-corrected chi connectivity index (χ0v) is 18.7. The van der Waals surface area contributed by atoms with Gasteiger partial charge in [-0.1, -0.05) is 0 Å². The molecule has 34 heavy (non-hydrogen) atoms. The van der Waals surface area contributed by atoms with Crippen molar-refractivity contribution in [1.82, 2.24) is 14.9 Å². The summed E-state index contributed by atoms with van der Waals surface area (Å²) in [5.74, 6) is -0.538. The Morgan fingerprint density at radius 2 is 1.68 bits per heavy atom. The van der Waals surface area contributed by atoms with E-state index in [1.54, 1.807) is 43.5 Å². The molecule has 0 spiro atoms. The van der Waals surface area contributed by atoms with E-state index in [1.807, 2.05) is 0 Å². The molecule has 0 bridgehead atoms. The predicted octanol–water partition coefficient (Wildman–Crippen LogP) is 4.02. The highest BCUT2D eigenvalue weighted by Crippen LogP contribution is 2.41. The third-order valence-electron chi connectivity index (χ3n) is 6.08. The van der Waals surface area contributed by atoms with Crippen LogP contribution in [0.2, 0.25) is 0 Å². The Labute approximate surface area is 195 Å². The molecule has 3 aromatic rings. The van der Waals surface area contributed by atoms with Gasteiger partial charge in [0.1, 0.15) is 22.7 Å². The van der Waals surface area contributed by atoms with Crippen LogP contribution >= 0.6 is 0 Å². The van der Waals surface area contributed by atoms with Crippen LogP contribution in [-0.2, 0) is 10.2 Å². The van der Waals surface area contributed by atoms with E-state index >= 15 is 0 Å². The lowest BCUT2D eigenvalue weighted by Crippen LogP contribution is -2.51. The lowest BCUT2D eigenvalue weighted by molar-refractivity contribution is -0.147. The van der Waals surface area contributed by atoms with Gasteiger partial charge in [-0.05, 0) is 61.4 Å². The molecule has 9 nitrogen and oxygen atoms in total. The van der Waals surface area contributed by atoms with Crippen LogP contribution in [0, 0.1) is 5.82 Å². The van der Waals surface area contributed by atoms with Gasteiger partial charge in [-0.3, -0.25) is 10.0 Å². The quantitative estimate of drug-likeness (QED) is 0.428. The average Bonchev–Trinajstić information content (AvgIpc) is 3.30. The number of hydroxylamine groups is 2. The Balaban J connectivity index is 1.78. The van der Waals surface area contributed by atoms with Gasteiger partial charge >= 0.3 is 12.0 Å². The van der Waals surface area contributed by atoms with E-state index in [1.165, 1.54) is 24.1 Å². The maximum Gasteiger partial charge on any atom is 0.343 e. The average molecular weight is 469 g/mol. The fourth-order valence-corrected chi connectivity index (χ4v) is 4.07. The van der Waals surface area contributed by atoms with Crippen molar-refractivity contribution in [3.63, 3.8) is 0 Å². The summed E-state index contributed by atoms with van der Waals surface area (Å²) < 4.78 is 24.9. The summed E-state index contributed by atoms with van der Waals surface area (Å²) >= 11 is 0. The number of carbonyl (C=O) groups is 2. The standard InChI is InChI=1S/C24H24FN3O6/c1-27(32)23(31)28-13-11-24(12-14-28,22(29)30)21-26-19(15-3-7-17(25)8-4-15)20(34-21)16-5-9-18(33-2)10-6-16/h3-10,32H,11-14H2,1-2H3,(H,29,30). The number of carbonyl (C=O) groups excluding carboxylic acids is 1. The number of urea groups is 1. The molecular weight excluding hydrogens is 445 g/mol. The van der Waals surface area contributed by atoms with Gasteiger partial charge in [0.15, 0.2) is 5.76 Å². The highest BCUT2D eigenvalue weighted by atomic mass is 19.1. The van der Waals surface area contributed by atoms with Crippen molar-refractivity contribution in [3.8, 4) is 28.3 Å². The second kappa shape index (κ2) is 9.14. The monoisotopic (exact) mass is 469 g/mol. The largest absolute Gasteiger partial charge is 0.497 e. The number of nitrogens with zero attached hydrogens (tertiary/aromatic N) is 3. The lowest BCUT2D eigenvalue weighted by Gasteiger charge is -2.37. The molecule has 2 N–H and O–H groups in total. The van der Waals surface area contributed by atoms with E-state index < -0.39 is 23.2 Å². The second-order valence-corrected chi connectivity index (χ2v) is 8.11. The number of aromatic nitrogens is 1. The molecule has 0 saturated carbocycles. The number of halogens is 1. The van der Waals surface area contributed by atoms with Crippen molar-refractivity contribution in [1.29, 1.82) is 0 Å². The van der Waals surface area contributed by atoms with Gasteiger partial charge in [0.25, 0.3) is 0 Å². The fourth-order valence-electron chi connectivity index (χ4n) is 4.07. The van der Waals surface area contributed by atoms with Gasteiger partial charge in [-0.25, -0.2) is 19.2 Å².